The predicted octanol–water partition coefficient (Wildman–Crippen LogP) is 7.28. The van der Waals surface area contributed by atoms with Crippen LogP contribution in [-0.4, -0.2) is 14.5 Å². The van der Waals surface area contributed by atoms with Crippen LogP contribution in [0.5, 0.6) is 0 Å². The molecule has 0 N–H and O–H groups in total. The van der Waals surface area contributed by atoms with E-state index in [1.807, 2.05) is 12.1 Å². The van der Waals surface area contributed by atoms with Crippen molar-refractivity contribution in [3.05, 3.63) is 96.1 Å². The van der Waals surface area contributed by atoms with Gasteiger partial charge in [-0.05, 0) is 48.2 Å². The molecule has 156 valence electrons. The number of para-hydroxylation sites is 3. The zero-order valence-corrected chi connectivity index (χ0v) is 18.3. The molecule has 0 bridgehead atoms. The zero-order valence-electron chi connectivity index (χ0n) is 18.3. The Morgan fingerprint density at radius 2 is 1.47 bits per heavy atom. The Bertz CT molecular complexity index is 1580. The maximum absolute atomic E-state index is 5.12. The summed E-state index contributed by atoms with van der Waals surface area (Å²) in [7, 11) is 0. The van der Waals surface area contributed by atoms with Crippen LogP contribution in [-0.2, 0) is 13.0 Å². The van der Waals surface area contributed by atoms with Gasteiger partial charge in [0.2, 0.25) is 0 Å². The van der Waals surface area contributed by atoms with Crippen molar-refractivity contribution in [2.45, 2.75) is 32.7 Å². The smallest absolute Gasteiger partial charge is 0.0994 e. The van der Waals surface area contributed by atoms with Crippen molar-refractivity contribution in [3.8, 4) is 0 Å². The van der Waals surface area contributed by atoms with E-state index >= 15 is 0 Å². The van der Waals surface area contributed by atoms with Crippen LogP contribution < -0.4 is 0 Å². The van der Waals surface area contributed by atoms with Gasteiger partial charge < -0.3 is 4.57 Å². The maximum atomic E-state index is 5.12. The molecule has 3 heteroatoms. The summed E-state index contributed by atoms with van der Waals surface area (Å²) in [4.78, 5) is 10.1. The minimum atomic E-state index is 0.844. The van der Waals surface area contributed by atoms with Gasteiger partial charge in [-0.3, -0.25) is 0 Å². The number of nitrogens with zero attached hydrogens (tertiary/aromatic N) is 3. The molecule has 2 heterocycles. The third-order valence-corrected chi connectivity index (χ3v) is 6.40. The molecule has 2 aromatic heterocycles. The Balaban J connectivity index is 1.76. The van der Waals surface area contributed by atoms with Gasteiger partial charge in [0.05, 0.1) is 27.6 Å². The van der Waals surface area contributed by atoms with Crippen LogP contribution >= 0.6 is 0 Å². The average Bonchev–Trinajstić information content (AvgIpc) is 3.17. The van der Waals surface area contributed by atoms with Crippen molar-refractivity contribution >= 4 is 43.9 Å². The second kappa shape index (κ2) is 7.76. The Morgan fingerprint density at radius 3 is 2.28 bits per heavy atom. The number of aryl methyl sites for hydroxylation is 1. The zero-order chi connectivity index (χ0) is 21.5. The first-order chi connectivity index (χ1) is 15.8. The lowest BCUT2D eigenvalue weighted by Gasteiger charge is -2.13. The topological polar surface area (TPSA) is 30.7 Å². The van der Waals surface area contributed by atoms with Gasteiger partial charge in [0, 0.05) is 22.8 Å². The Labute approximate surface area is 187 Å². The Hall–Kier alpha value is -3.72. The quantitative estimate of drug-likeness (QED) is 0.277. The highest BCUT2D eigenvalue weighted by atomic mass is 15.0. The third kappa shape index (κ3) is 3.04. The molecule has 4 aromatic carbocycles. The number of aromatic nitrogens is 3. The van der Waals surface area contributed by atoms with E-state index in [-0.39, 0.29) is 0 Å². The fourth-order valence-electron chi connectivity index (χ4n) is 4.90. The fraction of sp³-hybridized carbons (Fsp3) is 0.172. The molecule has 0 aliphatic heterocycles. The summed E-state index contributed by atoms with van der Waals surface area (Å²) in [5, 5.41) is 2.49. The second-order valence-electron chi connectivity index (χ2n) is 8.53. The van der Waals surface area contributed by atoms with Gasteiger partial charge in [-0.15, -0.1) is 0 Å². The molecule has 0 unspecified atom stereocenters. The van der Waals surface area contributed by atoms with E-state index in [1.165, 1.54) is 39.4 Å². The molecule has 32 heavy (non-hydrogen) atoms. The highest BCUT2D eigenvalue weighted by Gasteiger charge is 2.19. The monoisotopic (exact) mass is 415 g/mol. The molecule has 0 amide bonds. The summed E-state index contributed by atoms with van der Waals surface area (Å²) in [6.07, 6.45) is 3.37. The van der Waals surface area contributed by atoms with Crippen molar-refractivity contribution in [1.82, 2.24) is 14.5 Å². The normalized spacial score (nSPS) is 11.8. The maximum Gasteiger partial charge on any atom is 0.0994 e. The number of fused-ring (bicyclic) bond motifs is 6. The standard InChI is InChI=1S/C29H25N3/c1-2-3-13-21-18-25-28(31-24-16-9-8-15-23(24)30-25)27-22-14-7-10-17-26(22)32(29(21)27)19-20-11-5-4-6-12-20/h4-12,14-18H,2-3,13,19H2,1H3. The first-order valence-corrected chi connectivity index (χ1v) is 11.5. The van der Waals surface area contributed by atoms with Gasteiger partial charge in [-0.1, -0.05) is 74.0 Å². The molecule has 0 saturated heterocycles. The molecule has 0 atom stereocenters. The van der Waals surface area contributed by atoms with E-state index < -0.39 is 0 Å². The Morgan fingerprint density at radius 1 is 0.750 bits per heavy atom. The highest BCUT2D eigenvalue weighted by Crippen LogP contribution is 2.37. The first-order valence-electron chi connectivity index (χ1n) is 11.5. The summed E-state index contributed by atoms with van der Waals surface area (Å²) in [5.41, 5.74) is 9.13. The van der Waals surface area contributed by atoms with Gasteiger partial charge in [0.15, 0.2) is 0 Å². The van der Waals surface area contributed by atoms with Gasteiger partial charge >= 0.3 is 0 Å². The summed E-state index contributed by atoms with van der Waals surface area (Å²) < 4.78 is 2.49. The van der Waals surface area contributed by atoms with Crippen molar-refractivity contribution in [2.24, 2.45) is 0 Å². The van der Waals surface area contributed by atoms with Gasteiger partial charge in [0.25, 0.3) is 0 Å². The number of unbranched alkanes of at least 4 members (excludes halogenated alkanes) is 1. The molecule has 0 aliphatic rings. The fourth-order valence-corrected chi connectivity index (χ4v) is 4.90. The molecule has 0 saturated carbocycles. The van der Waals surface area contributed by atoms with E-state index in [1.54, 1.807) is 0 Å². The molecule has 0 fully saturated rings. The van der Waals surface area contributed by atoms with Crippen LogP contribution in [0, 0.1) is 0 Å². The number of rotatable bonds is 5. The second-order valence-corrected chi connectivity index (χ2v) is 8.53. The molecular weight excluding hydrogens is 390 g/mol. The summed E-state index contributed by atoms with van der Waals surface area (Å²) in [5.74, 6) is 0. The van der Waals surface area contributed by atoms with Crippen LogP contribution in [0.2, 0.25) is 0 Å². The van der Waals surface area contributed by atoms with E-state index in [2.05, 4.69) is 84.3 Å². The van der Waals surface area contributed by atoms with Crippen molar-refractivity contribution in [1.29, 1.82) is 0 Å². The molecular formula is C29H25N3. The summed E-state index contributed by atoms with van der Waals surface area (Å²) in [6.45, 7) is 3.10. The molecule has 0 aliphatic carbocycles. The third-order valence-electron chi connectivity index (χ3n) is 6.40. The molecule has 6 rings (SSSR count). The van der Waals surface area contributed by atoms with Crippen LogP contribution in [0.4, 0.5) is 0 Å². The number of hydrogen-bond donors (Lipinski definition) is 0. The lowest BCUT2D eigenvalue weighted by atomic mass is 10.0. The van der Waals surface area contributed by atoms with Crippen LogP contribution in [0.3, 0.4) is 0 Å². The average molecular weight is 416 g/mol. The van der Waals surface area contributed by atoms with Crippen LogP contribution in [0.15, 0.2) is 84.9 Å². The van der Waals surface area contributed by atoms with Gasteiger partial charge in [-0.25, -0.2) is 9.97 Å². The minimum absolute atomic E-state index is 0.844. The van der Waals surface area contributed by atoms with Gasteiger partial charge in [-0.2, -0.15) is 0 Å². The molecule has 3 nitrogen and oxygen atoms in total. The van der Waals surface area contributed by atoms with Crippen molar-refractivity contribution in [3.63, 3.8) is 0 Å². The van der Waals surface area contributed by atoms with Gasteiger partial charge in [0.1, 0.15) is 0 Å². The van der Waals surface area contributed by atoms with Crippen LogP contribution in [0.25, 0.3) is 43.9 Å². The van der Waals surface area contributed by atoms with E-state index in [4.69, 9.17) is 9.97 Å². The predicted molar refractivity (Wildman–Crippen MR) is 134 cm³/mol. The van der Waals surface area contributed by atoms with Crippen LogP contribution in [0.1, 0.15) is 30.9 Å². The first kappa shape index (κ1) is 19.0. The number of hydrogen-bond acceptors (Lipinski definition) is 2. The number of benzene rings is 4. The van der Waals surface area contributed by atoms with Crippen molar-refractivity contribution < 1.29 is 0 Å². The summed E-state index contributed by atoms with van der Waals surface area (Å²) in [6, 6.07) is 29.9. The lowest BCUT2D eigenvalue weighted by molar-refractivity contribution is 0.790. The molecule has 0 spiro atoms. The minimum Gasteiger partial charge on any atom is -0.336 e. The summed E-state index contributed by atoms with van der Waals surface area (Å²) >= 11 is 0. The van der Waals surface area contributed by atoms with E-state index in [9.17, 15) is 0 Å². The highest BCUT2D eigenvalue weighted by molar-refractivity contribution is 6.20. The SMILES string of the molecule is CCCCc1cc2nc3ccccc3nc2c2c3ccccc3n(Cc3ccccc3)c12. The lowest BCUT2D eigenvalue weighted by Crippen LogP contribution is -2.02. The molecule has 0 radical (unpaired) electrons. The Kier molecular flexibility index (Phi) is 4.61. The van der Waals surface area contributed by atoms with E-state index in [0.717, 1.165) is 41.5 Å². The molecule has 6 aromatic rings. The van der Waals surface area contributed by atoms with Crippen molar-refractivity contribution in [2.75, 3.05) is 0 Å². The van der Waals surface area contributed by atoms with E-state index in [0.29, 0.717) is 0 Å². The largest absolute Gasteiger partial charge is 0.336 e.